The van der Waals surface area contributed by atoms with Gasteiger partial charge in [-0.3, -0.25) is 10.1 Å². The van der Waals surface area contributed by atoms with Crippen LogP contribution in [-0.2, 0) is 4.79 Å². The number of benzene rings is 2. The molecule has 0 fully saturated rings. The second-order valence-electron chi connectivity index (χ2n) is 4.57. The zero-order valence-electron chi connectivity index (χ0n) is 12.0. The Bertz CT molecular complexity index is 757. The van der Waals surface area contributed by atoms with E-state index >= 15 is 0 Å². The van der Waals surface area contributed by atoms with Gasteiger partial charge in [-0.15, -0.1) is 0 Å². The third kappa shape index (κ3) is 5.37. The molecule has 0 saturated carbocycles. The molecule has 0 atom stereocenters. The summed E-state index contributed by atoms with van der Waals surface area (Å²) in [5.74, 6) is -1.41. The lowest BCUT2D eigenvalue weighted by Crippen LogP contribution is -2.32. The second-order valence-corrected chi connectivity index (χ2v) is 4.98. The highest BCUT2D eigenvalue weighted by molar-refractivity contribution is 7.80. The minimum Gasteiger partial charge on any atom is -0.478 e. The van der Waals surface area contributed by atoms with Gasteiger partial charge in [-0.25, -0.2) is 4.79 Å². The summed E-state index contributed by atoms with van der Waals surface area (Å²) in [6, 6.07) is 15.5. The lowest BCUT2D eigenvalue weighted by molar-refractivity contribution is -0.115. The summed E-state index contributed by atoms with van der Waals surface area (Å²) in [5.41, 5.74) is 1.52. The molecule has 2 aromatic carbocycles. The molecule has 0 aromatic heterocycles. The number of anilines is 1. The Hall–Kier alpha value is -2.99. The Morgan fingerprint density at radius 2 is 1.78 bits per heavy atom. The summed E-state index contributed by atoms with van der Waals surface area (Å²) in [6.45, 7) is 0. The lowest BCUT2D eigenvalue weighted by Gasteiger charge is -2.08. The van der Waals surface area contributed by atoms with Crippen molar-refractivity contribution in [3.63, 3.8) is 0 Å². The smallest absolute Gasteiger partial charge is 0.335 e. The number of carbonyl (C=O) groups excluding carboxylic acids is 1. The molecule has 0 aliphatic rings. The fourth-order valence-electron chi connectivity index (χ4n) is 1.78. The van der Waals surface area contributed by atoms with E-state index in [4.69, 9.17) is 17.3 Å². The number of aromatic carboxylic acids is 1. The van der Waals surface area contributed by atoms with Crippen molar-refractivity contribution in [3.05, 3.63) is 71.8 Å². The molecule has 0 heterocycles. The normalized spacial score (nSPS) is 10.3. The van der Waals surface area contributed by atoms with E-state index < -0.39 is 5.97 Å². The average Bonchev–Trinajstić information content (AvgIpc) is 2.54. The van der Waals surface area contributed by atoms with Crippen LogP contribution >= 0.6 is 12.2 Å². The van der Waals surface area contributed by atoms with Gasteiger partial charge in [-0.05, 0) is 42.1 Å². The molecule has 2 rings (SSSR count). The number of amides is 1. The molecule has 0 aliphatic heterocycles. The Kier molecular flexibility index (Phi) is 5.60. The molecule has 23 heavy (non-hydrogen) atoms. The molecule has 0 bridgehead atoms. The van der Waals surface area contributed by atoms with Crippen LogP contribution in [0, 0.1) is 0 Å². The number of carbonyl (C=O) groups is 2. The van der Waals surface area contributed by atoms with Gasteiger partial charge < -0.3 is 10.4 Å². The minimum atomic E-state index is -1.03. The van der Waals surface area contributed by atoms with E-state index in [1.807, 2.05) is 30.3 Å². The number of rotatable bonds is 4. The summed E-state index contributed by atoms with van der Waals surface area (Å²) in [6.07, 6.45) is 3.04. The Labute approximate surface area is 138 Å². The predicted octanol–water partition coefficient (Wildman–Crippen LogP) is 2.91. The van der Waals surface area contributed by atoms with Gasteiger partial charge in [0.1, 0.15) is 0 Å². The number of carboxylic acid groups (broad SMARTS) is 1. The molecular formula is C17H14N2O3S. The van der Waals surface area contributed by atoms with Gasteiger partial charge in [0, 0.05) is 11.8 Å². The van der Waals surface area contributed by atoms with Crippen LogP contribution in [0.5, 0.6) is 0 Å². The Morgan fingerprint density at radius 1 is 1.04 bits per heavy atom. The van der Waals surface area contributed by atoms with E-state index in [2.05, 4.69) is 10.6 Å². The highest BCUT2D eigenvalue weighted by atomic mass is 32.1. The third-order valence-electron chi connectivity index (χ3n) is 2.83. The molecule has 116 valence electrons. The van der Waals surface area contributed by atoms with Crippen molar-refractivity contribution < 1.29 is 14.7 Å². The van der Waals surface area contributed by atoms with Gasteiger partial charge >= 0.3 is 5.97 Å². The first kappa shape index (κ1) is 16.4. The van der Waals surface area contributed by atoms with Gasteiger partial charge in [0.25, 0.3) is 0 Å². The van der Waals surface area contributed by atoms with Crippen LogP contribution in [0.25, 0.3) is 6.08 Å². The highest BCUT2D eigenvalue weighted by Gasteiger charge is 2.05. The van der Waals surface area contributed by atoms with Crippen molar-refractivity contribution >= 4 is 41.0 Å². The van der Waals surface area contributed by atoms with Gasteiger partial charge in [-0.1, -0.05) is 36.4 Å². The van der Waals surface area contributed by atoms with Gasteiger partial charge in [0.15, 0.2) is 5.11 Å². The maximum absolute atomic E-state index is 11.8. The summed E-state index contributed by atoms with van der Waals surface area (Å²) in [7, 11) is 0. The molecule has 3 N–H and O–H groups in total. The summed E-state index contributed by atoms with van der Waals surface area (Å²) in [4.78, 5) is 22.7. The molecule has 6 heteroatoms. The predicted molar refractivity (Wildman–Crippen MR) is 93.2 cm³/mol. The third-order valence-corrected chi connectivity index (χ3v) is 3.03. The highest BCUT2D eigenvalue weighted by Crippen LogP contribution is 2.10. The van der Waals surface area contributed by atoms with Crippen molar-refractivity contribution in [2.75, 3.05) is 5.32 Å². The van der Waals surface area contributed by atoms with Crippen LogP contribution in [0.15, 0.2) is 60.7 Å². The van der Waals surface area contributed by atoms with E-state index in [9.17, 15) is 9.59 Å². The Balaban J connectivity index is 1.92. The zero-order valence-corrected chi connectivity index (χ0v) is 12.8. The SMILES string of the molecule is O=C(/C=C/c1ccccc1)NC(=S)Nc1cccc(C(=O)O)c1. The van der Waals surface area contributed by atoms with Gasteiger partial charge in [-0.2, -0.15) is 0 Å². The molecule has 2 aromatic rings. The van der Waals surface area contributed by atoms with Crippen molar-refractivity contribution in [2.24, 2.45) is 0 Å². The summed E-state index contributed by atoms with van der Waals surface area (Å²) < 4.78 is 0. The largest absolute Gasteiger partial charge is 0.478 e. The van der Waals surface area contributed by atoms with Crippen LogP contribution in [0.3, 0.4) is 0 Å². The van der Waals surface area contributed by atoms with Crippen molar-refractivity contribution in [3.8, 4) is 0 Å². The van der Waals surface area contributed by atoms with E-state index in [0.717, 1.165) is 5.56 Å². The van der Waals surface area contributed by atoms with Crippen molar-refractivity contribution in [1.82, 2.24) is 5.32 Å². The van der Waals surface area contributed by atoms with E-state index in [0.29, 0.717) is 5.69 Å². The summed E-state index contributed by atoms with van der Waals surface area (Å²) >= 11 is 5.03. The first-order valence-electron chi connectivity index (χ1n) is 6.73. The minimum absolute atomic E-state index is 0.0928. The van der Waals surface area contributed by atoms with Crippen LogP contribution in [0.2, 0.25) is 0 Å². The standard InChI is InChI=1S/C17H14N2O3S/c20-15(10-9-12-5-2-1-3-6-12)19-17(23)18-14-8-4-7-13(11-14)16(21)22/h1-11H,(H,21,22)(H2,18,19,20,23)/b10-9+. The first-order chi connectivity index (χ1) is 11.0. The zero-order chi connectivity index (χ0) is 16.7. The summed E-state index contributed by atoms with van der Waals surface area (Å²) in [5, 5.41) is 14.3. The number of hydrogen-bond acceptors (Lipinski definition) is 3. The molecule has 0 unspecified atom stereocenters. The maximum atomic E-state index is 11.8. The van der Waals surface area contributed by atoms with Crippen molar-refractivity contribution in [2.45, 2.75) is 0 Å². The molecule has 0 radical (unpaired) electrons. The monoisotopic (exact) mass is 326 g/mol. The maximum Gasteiger partial charge on any atom is 0.335 e. The number of nitrogens with one attached hydrogen (secondary N) is 2. The van der Waals surface area contributed by atoms with Crippen LogP contribution in [-0.4, -0.2) is 22.1 Å². The second kappa shape index (κ2) is 7.86. The number of hydrogen-bond donors (Lipinski definition) is 3. The quantitative estimate of drug-likeness (QED) is 0.595. The van der Waals surface area contributed by atoms with E-state index in [1.165, 1.54) is 18.2 Å². The van der Waals surface area contributed by atoms with Crippen molar-refractivity contribution in [1.29, 1.82) is 0 Å². The topological polar surface area (TPSA) is 78.4 Å². The number of carboxylic acids is 1. The Morgan fingerprint density at radius 3 is 2.48 bits per heavy atom. The molecular weight excluding hydrogens is 312 g/mol. The fourth-order valence-corrected chi connectivity index (χ4v) is 2.00. The van der Waals surface area contributed by atoms with Gasteiger partial charge in [0.2, 0.25) is 5.91 Å². The van der Waals surface area contributed by atoms with E-state index in [-0.39, 0.29) is 16.6 Å². The lowest BCUT2D eigenvalue weighted by atomic mass is 10.2. The molecule has 5 nitrogen and oxygen atoms in total. The van der Waals surface area contributed by atoms with Gasteiger partial charge in [0.05, 0.1) is 5.56 Å². The first-order valence-corrected chi connectivity index (χ1v) is 7.14. The molecule has 0 spiro atoms. The molecule has 0 aliphatic carbocycles. The van der Waals surface area contributed by atoms with Crippen LogP contribution in [0.1, 0.15) is 15.9 Å². The van der Waals surface area contributed by atoms with E-state index in [1.54, 1.807) is 18.2 Å². The average molecular weight is 326 g/mol. The van der Waals surface area contributed by atoms with Crippen LogP contribution in [0.4, 0.5) is 5.69 Å². The van der Waals surface area contributed by atoms with Crippen LogP contribution < -0.4 is 10.6 Å². The molecule has 0 saturated heterocycles. The molecule has 1 amide bonds. The fraction of sp³-hybridized carbons (Fsp3) is 0. The number of thiocarbonyl (C=S) groups is 1.